The molecule has 2 heterocycles. The molecule has 0 amide bonds. The van der Waals surface area contributed by atoms with Crippen molar-refractivity contribution in [3.63, 3.8) is 0 Å². The van der Waals surface area contributed by atoms with Crippen LogP contribution in [-0.4, -0.2) is 30.4 Å². The van der Waals surface area contributed by atoms with Crippen LogP contribution in [0.5, 0.6) is 0 Å². The van der Waals surface area contributed by atoms with Crippen molar-refractivity contribution in [3.8, 4) is 5.69 Å². The summed E-state index contributed by atoms with van der Waals surface area (Å²) in [4.78, 5) is 0. The molecule has 4 rings (SSSR count). The number of nitrogens with one attached hydrogen (secondary N) is 1. The lowest BCUT2D eigenvalue weighted by Gasteiger charge is -2.09. The van der Waals surface area contributed by atoms with Crippen LogP contribution in [0.3, 0.4) is 0 Å². The number of nitrogens with zero attached hydrogens (tertiary/aromatic N) is 5. The van der Waals surface area contributed by atoms with Gasteiger partial charge in [-0.2, -0.15) is 15.4 Å². The summed E-state index contributed by atoms with van der Waals surface area (Å²) in [6.07, 6.45) is 0. The number of aryl methyl sites for hydroxylation is 1. The minimum absolute atomic E-state index is 0.809. The van der Waals surface area contributed by atoms with Crippen LogP contribution in [0.1, 0.15) is 11.1 Å². The fourth-order valence-electron chi connectivity index (χ4n) is 2.48. The molecule has 1 N–H and O–H groups in total. The van der Waals surface area contributed by atoms with Crippen LogP contribution in [0.4, 0.5) is 0 Å². The monoisotopic (exact) mass is 264 g/mol. The molecular formula is C14H12N6. The molecule has 4 aromatic rings. The largest absolute Gasteiger partial charge is 0.210 e. The van der Waals surface area contributed by atoms with E-state index in [2.05, 4.69) is 39.6 Å². The van der Waals surface area contributed by atoms with Crippen LogP contribution >= 0.6 is 0 Å². The fraction of sp³-hybridized carbons (Fsp3) is 0.143. The minimum Gasteiger partial charge on any atom is -0.210 e. The van der Waals surface area contributed by atoms with Gasteiger partial charge in [0.25, 0.3) is 0 Å². The predicted molar refractivity (Wildman–Crippen MR) is 75.8 cm³/mol. The Kier molecular flexibility index (Phi) is 2.14. The maximum absolute atomic E-state index is 4.28. The van der Waals surface area contributed by atoms with Crippen molar-refractivity contribution in [1.82, 2.24) is 30.4 Å². The van der Waals surface area contributed by atoms with Gasteiger partial charge in [0.05, 0.1) is 5.52 Å². The Morgan fingerprint density at radius 3 is 2.80 bits per heavy atom. The van der Waals surface area contributed by atoms with Gasteiger partial charge in [0.15, 0.2) is 0 Å². The lowest BCUT2D eigenvalue weighted by Crippen LogP contribution is -2.02. The van der Waals surface area contributed by atoms with E-state index in [1.54, 1.807) is 0 Å². The smallest absolute Gasteiger partial charge is 0.138 e. The summed E-state index contributed by atoms with van der Waals surface area (Å²) in [7, 11) is 0. The van der Waals surface area contributed by atoms with Gasteiger partial charge in [0.1, 0.15) is 22.2 Å². The van der Waals surface area contributed by atoms with Crippen LogP contribution < -0.4 is 0 Å². The number of para-hydroxylation sites is 1. The molecule has 0 radical (unpaired) electrons. The van der Waals surface area contributed by atoms with Gasteiger partial charge in [0.2, 0.25) is 0 Å². The van der Waals surface area contributed by atoms with Crippen molar-refractivity contribution < 1.29 is 0 Å². The molecule has 6 nitrogen and oxygen atoms in total. The summed E-state index contributed by atoms with van der Waals surface area (Å²) < 4.78 is 1.84. The predicted octanol–water partition coefficient (Wildman–Crippen LogP) is 2.31. The standard InChI is InChI=1S/C14H12N6/c1-8-7-11-13(17-18-15-11)14(9(8)2)20-12-6-4-3-5-10(12)16-19-20/h3-7H,1-2H3,(H,15,17,18). The third-order valence-corrected chi connectivity index (χ3v) is 3.66. The Balaban J connectivity index is 2.16. The van der Waals surface area contributed by atoms with Crippen LogP contribution in [-0.2, 0) is 0 Å². The number of aromatic nitrogens is 6. The minimum atomic E-state index is 0.809. The van der Waals surface area contributed by atoms with E-state index in [9.17, 15) is 0 Å². The first-order chi connectivity index (χ1) is 9.75. The first kappa shape index (κ1) is 11.1. The van der Waals surface area contributed by atoms with E-state index in [0.717, 1.165) is 38.9 Å². The van der Waals surface area contributed by atoms with Crippen molar-refractivity contribution in [3.05, 3.63) is 41.5 Å². The van der Waals surface area contributed by atoms with E-state index in [1.807, 2.05) is 35.0 Å². The van der Waals surface area contributed by atoms with Crippen LogP contribution in [0.15, 0.2) is 30.3 Å². The van der Waals surface area contributed by atoms with Gasteiger partial charge in [-0.05, 0) is 43.2 Å². The number of fused-ring (bicyclic) bond motifs is 2. The van der Waals surface area contributed by atoms with Crippen LogP contribution in [0.25, 0.3) is 27.8 Å². The quantitative estimate of drug-likeness (QED) is 0.572. The second-order valence-corrected chi connectivity index (χ2v) is 4.85. The zero-order chi connectivity index (χ0) is 13.7. The lowest BCUT2D eigenvalue weighted by molar-refractivity contribution is 0.820. The van der Waals surface area contributed by atoms with Crippen LogP contribution in [0.2, 0.25) is 0 Å². The summed E-state index contributed by atoms with van der Waals surface area (Å²) in [6, 6.07) is 9.91. The SMILES string of the molecule is Cc1cc2n[nH]nc2c(-n2nnc3ccccc32)c1C. The number of aromatic amines is 1. The third kappa shape index (κ3) is 1.38. The average molecular weight is 264 g/mol. The second kappa shape index (κ2) is 3.86. The normalized spacial score (nSPS) is 11.5. The Hall–Kier alpha value is -2.76. The fourth-order valence-corrected chi connectivity index (χ4v) is 2.48. The van der Waals surface area contributed by atoms with Gasteiger partial charge >= 0.3 is 0 Å². The average Bonchev–Trinajstić information content (AvgIpc) is 3.07. The number of hydrogen-bond donors (Lipinski definition) is 1. The molecule has 2 aromatic heterocycles. The summed E-state index contributed by atoms with van der Waals surface area (Å²) in [5, 5.41) is 19.6. The molecule has 98 valence electrons. The molecular weight excluding hydrogens is 252 g/mol. The Bertz CT molecular complexity index is 933. The molecule has 0 saturated heterocycles. The number of hydrogen-bond acceptors (Lipinski definition) is 4. The van der Waals surface area contributed by atoms with Gasteiger partial charge < -0.3 is 0 Å². The van der Waals surface area contributed by atoms with Crippen LogP contribution in [0, 0.1) is 13.8 Å². The van der Waals surface area contributed by atoms with E-state index < -0.39 is 0 Å². The van der Waals surface area contributed by atoms with E-state index in [1.165, 1.54) is 0 Å². The second-order valence-electron chi connectivity index (χ2n) is 4.85. The maximum atomic E-state index is 4.28. The molecule has 0 unspecified atom stereocenters. The molecule has 0 saturated carbocycles. The topological polar surface area (TPSA) is 72.3 Å². The molecule has 0 aliphatic heterocycles. The summed E-state index contributed by atoms with van der Waals surface area (Å²) in [6.45, 7) is 4.13. The maximum Gasteiger partial charge on any atom is 0.138 e. The molecule has 0 aliphatic carbocycles. The number of H-pyrrole nitrogens is 1. The van der Waals surface area contributed by atoms with Gasteiger partial charge in [-0.15, -0.1) is 5.10 Å². The Morgan fingerprint density at radius 2 is 1.90 bits per heavy atom. The molecule has 6 heteroatoms. The van der Waals surface area contributed by atoms with Gasteiger partial charge in [-0.3, -0.25) is 0 Å². The zero-order valence-corrected chi connectivity index (χ0v) is 11.1. The van der Waals surface area contributed by atoms with Crippen molar-refractivity contribution in [2.75, 3.05) is 0 Å². The highest BCUT2D eigenvalue weighted by molar-refractivity contribution is 5.88. The number of benzene rings is 2. The van der Waals surface area contributed by atoms with Crippen molar-refractivity contribution in [1.29, 1.82) is 0 Å². The van der Waals surface area contributed by atoms with Crippen molar-refractivity contribution in [2.45, 2.75) is 13.8 Å². The molecule has 0 spiro atoms. The van der Waals surface area contributed by atoms with E-state index in [4.69, 9.17) is 0 Å². The molecule has 20 heavy (non-hydrogen) atoms. The first-order valence-electron chi connectivity index (χ1n) is 6.37. The van der Waals surface area contributed by atoms with Crippen molar-refractivity contribution >= 4 is 22.1 Å². The molecule has 0 aliphatic rings. The summed E-state index contributed by atoms with van der Waals surface area (Å²) in [5.74, 6) is 0. The highest BCUT2D eigenvalue weighted by Gasteiger charge is 2.16. The lowest BCUT2D eigenvalue weighted by atomic mass is 10.1. The van der Waals surface area contributed by atoms with E-state index in [0.29, 0.717) is 0 Å². The van der Waals surface area contributed by atoms with Crippen molar-refractivity contribution in [2.24, 2.45) is 0 Å². The van der Waals surface area contributed by atoms with Gasteiger partial charge in [-0.25, -0.2) is 4.68 Å². The van der Waals surface area contributed by atoms with Gasteiger partial charge in [0, 0.05) is 0 Å². The zero-order valence-electron chi connectivity index (χ0n) is 11.1. The molecule has 0 bridgehead atoms. The Morgan fingerprint density at radius 1 is 1.05 bits per heavy atom. The van der Waals surface area contributed by atoms with E-state index >= 15 is 0 Å². The molecule has 0 fully saturated rings. The third-order valence-electron chi connectivity index (χ3n) is 3.66. The summed E-state index contributed by atoms with van der Waals surface area (Å²) in [5.41, 5.74) is 6.69. The first-order valence-corrected chi connectivity index (χ1v) is 6.37. The summed E-state index contributed by atoms with van der Waals surface area (Å²) >= 11 is 0. The highest BCUT2D eigenvalue weighted by atomic mass is 15.4. The van der Waals surface area contributed by atoms with E-state index in [-0.39, 0.29) is 0 Å². The number of rotatable bonds is 1. The highest BCUT2D eigenvalue weighted by Crippen LogP contribution is 2.27. The van der Waals surface area contributed by atoms with Gasteiger partial charge in [-0.1, -0.05) is 17.3 Å². The Labute approximate surface area is 114 Å². The molecule has 2 aromatic carbocycles. The molecule has 0 atom stereocenters.